The maximum atomic E-state index is 5.82. The standard InChI is InChI=1S/C20H33OPSi/c1-16(2)23(17(3)4,18(5)6)15-14-19(7)22(21-8)20-12-10-9-11-13-20/h9-13,16-19H,1-8H3. The summed E-state index contributed by atoms with van der Waals surface area (Å²) >= 11 is 0. The Hall–Kier alpha value is -0.613. The van der Waals surface area contributed by atoms with Gasteiger partial charge >= 0.3 is 0 Å². The Balaban J connectivity index is 3.15. The van der Waals surface area contributed by atoms with Gasteiger partial charge in [-0.3, -0.25) is 0 Å². The zero-order valence-corrected chi connectivity index (χ0v) is 17.9. The van der Waals surface area contributed by atoms with Gasteiger partial charge in [0, 0.05) is 12.4 Å². The minimum atomic E-state index is -1.66. The highest BCUT2D eigenvalue weighted by atomic mass is 31.1. The molecule has 1 aromatic rings. The van der Waals surface area contributed by atoms with Crippen molar-refractivity contribution in [3.63, 3.8) is 0 Å². The van der Waals surface area contributed by atoms with Crippen molar-refractivity contribution in [1.29, 1.82) is 0 Å². The molecule has 0 aliphatic rings. The Labute approximate surface area is 146 Å². The van der Waals surface area contributed by atoms with Crippen molar-refractivity contribution in [2.75, 3.05) is 7.11 Å². The molecule has 1 aromatic carbocycles. The molecule has 0 radical (unpaired) electrons. The van der Waals surface area contributed by atoms with Gasteiger partial charge in [-0.2, -0.15) is 0 Å². The summed E-state index contributed by atoms with van der Waals surface area (Å²) in [6.07, 6.45) is 0. The van der Waals surface area contributed by atoms with Crippen LogP contribution in [0.2, 0.25) is 16.6 Å². The molecule has 0 heterocycles. The number of hydrogen-bond acceptors (Lipinski definition) is 1. The molecular weight excluding hydrogens is 315 g/mol. The molecule has 0 aromatic heterocycles. The molecule has 0 aliphatic carbocycles. The first-order valence-electron chi connectivity index (χ1n) is 8.68. The third kappa shape index (κ3) is 4.69. The minimum Gasteiger partial charge on any atom is -0.356 e. The van der Waals surface area contributed by atoms with E-state index in [4.69, 9.17) is 4.52 Å². The lowest BCUT2D eigenvalue weighted by molar-refractivity contribution is 0.465. The van der Waals surface area contributed by atoms with E-state index < -0.39 is 16.2 Å². The maximum absolute atomic E-state index is 5.82. The molecule has 0 amide bonds. The van der Waals surface area contributed by atoms with Crippen LogP contribution in [0.5, 0.6) is 0 Å². The Morgan fingerprint density at radius 3 is 1.74 bits per heavy atom. The van der Waals surface area contributed by atoms with Crippen molar-refractivity contribution in [3.05, 3.63) is 30.3 Å². The van der Waals surface area contributed by atoms with E-state index in [1.807, 2.05) is 7.11 Å². The molecule has 3 heteroatoms. The van der Waals surface area contributed by atoms with Crippen LogP contribution in [0.4, 0.5) is 0 Å². The van der Waals surface area contributed by atoms with E-state index in [0.717, 1.165) is 0 Å². The van der Waals surface area contributed by atoms with Crippen LogP contribution >= 0.6 is 8.15 Å². The van der Waals surface area contributed by atoms with Crippen molar-refractivity contribution < 1.29 is 4.52 Å². The van der Waals surface area contributed by atoms with Crippen LogP contribution in [-0.2, 0) is 4.52 Å². The lowest BCUT2D eigenvalue weighted by Crippen LogP contribution is -2.43. The van der Waals surface area contributed by atoms with Crippen molar-refractivity contribution in [3.8, 4) is 11.5 Å². The molecule has 2 atom stereocenters. The van der Waals surface area contributed by atoms with Crippen molar-refractivity contribution in [2.45, 2.75) is 70.7 Å². The quantitative estimate of drug-likeness (QED) is 0.350. The molecule has 23 heavy (non-hydrogen) atoms. The van der Waals surface area contributed by atoms with E-state index in [2.05, 4.69) is 90.3 Å². The van der Waals surface area contributed by atoms with Gasteiger partial charge in [0.25, 0.3) is 0 Å². The number of benzene rings is 1. The Kier molecular flexibility index (Phi) is 8.02. The predicted octanol–water partition coefficient (Wildman–Crippen LogP) is 5.97. The summed E-state index contributed by atoms with van der Waals surface area (Å²) in [5, 5.41) is 1.28. The smallest absolute Gasteiger partial charge is 0.145 e. The summed E-state index contributed by atoms with van der Waals surface area (Å²) in [5.41, 5.74) is 6.13. The SMILES string of the molecule is COP(c1ccccc1)C(C)C#C[Si](C(C)C)(C(C)C)C(C)C. The summed E-state index contributed by atoms with van der Waals surface area (Å²) < 4.78 is 5.82. The molecule has 0 spiro atoms. The highest BCUT2D eigenvalue weighted by Gasteiger charge is 2.41. The van der Waals surface area contributed by atoms with Gasteiger partial charge in [-0.15, -0.1) is 5.54 Å². The van der Waals surface area contributed by atoms with Crippen molar-refractivity contribution >= 4 is 21.5 Å². The normalized spacial score (nSPS) is 14.7. The highest BCUT2D eigenvalue weighted by molar-refractivity contribution is 7.61. The van der Waals surface area contributed by atoms with Crippen LogP contribution in [0.15, 0.2) is 30.3 Å². The number of hydrogen-bond donors (Lipinski definition) is 0. The van der Waals surface area contributed by atoms with E-state index in [0.29, 0.717) is 16.6 Å². The summed E-state index contributed by atoms with van der Waals surface area (Å²) in [7, 11) is -0.519. The Morgan fingerprint density at radius 2 is 1.35 bits per heavy atom. The van der Waals surface area contributed by atoms with Crippen LogP contribution in [0.3, 0.4) is 0 Å². The molecule has 0 bridgehead atoms. The second-order valence-electron chi connectivity index (χ2n) is 7.19. The van der Waals surface area contributed by atoms with Crippen LogP contribution < -0.4 is 5.30 Å². The van der Waals surface area contributed by atoms with Gasteiger partial charge in [-0.25, -0.2) is 0 Å². The molecule has 0 N–H and O–H groups in total. The maximum Gasteiger partial charge on any atom is 0.145 e. The van der Waals surface area contributed by atoms with E-state index in [-0.39, 0.29) is 5.66 Å². The Bertz CT molecular complexity index is 506. The predicted molar refractivity (Wildman–Crippen MR) is 108 cm³/mol. The van der Waals surface area contributed by atoms with E-state index in [1.54, 1.807) is 0 Å². The lowest BCUT2D eigenvalue weighted by Gasteiger charge is -2.38. The monoisotopic (exact) mass is 348 g/mol. The lowest BCUT2D eigenvalue weighted by atomic mass is 10.4. The molecule has 0 aliphatic heterocycles. The average molecular weight is 349 g/mol. The van der Waals surface area contributed by atoms with Gasteiger partial charge in [0.2, 0.25) is 0 Å². The summed E-state index contributed by atoms with van der Waals surface area (Å²) in [6.45, 7) is 16.4. The fraction of sp³-hybridized carbons (Fsp3) is 0.600. The van der Waals surface area contributed by atoms with Crippen LogP contribution in [-0.4, -0.2) is 20.8 Å². The molecule has 1 nitrogen and oxygen atoms in total. The summed E-state index contributed by atoms with van der Waals surface area (Å²) in [4.78, 5) is 0. The van der Waals surface area contributed by atoms with Gasteiger partial charge in [-0.05, 0) is 23.5 Å². The summed E-state index contributed by atoms with van der Waals surface area (Å²) in [6, 6.07) is 10.5. The van der Waals surface area contributed by atoms with Gasteiger partial charge in [0.1, 0.15) is 8.07 Å². The van der Waals surface area contributed by atoms with Gasteiger partial charge in [0.15, 0.2) is 0 Å². The van der Waals surface area contributed by atoms with Crippen LogP contribution in [0.25, 0.3) is 0 Å². The second kappa shape index (κ2) is 9.02. The second-order valence-corrected chi connectivity index (χ2v) is 15.1. The van der Waals surface area contributed by atoms with Crippen molar-refractivity contribution in [1.82, 2.24) is 0 Å². The first kappa shape index (κ1) is 20.4. The van der Waals surface area contributed by atoms with Gasteiger partial charge in [-0.1, -0.05) is 77.8 Å². The van der Waals surface area contributed by atoms with Gasteiger partial charge < -0.3 is 4.52 Å². The molecule has 2 unspecified atom stereocenters. The van der Waals surface area contributed by atoms with Gasteiger partial charge in [0.05, 0.1) is 13.8 Å². The van der Waals surface area contributed by atoms with Crippen LogP contribution in [0, 0.1) is 11.5 Å². The molecular formula is C20H33OPSi. The topological polar surface area (TPSA) is 9.23 Å². The largest absolute Gasteiger partial charge is 0.356 e. The van der Waals surface area contributed by atoms with Crippen LogP contribution in [0.1, 0.15) is 48.5 Å². The zero-order valence-electron chi connectivity index (χ0n) is 16.1. The highest BCUT2D eigenvalue weighted by Crippen LogP contribution is 2.43. The van der Waals surface area contributed by atoms with E-state index >= 15 is 0 Å². The molecule has 0 saturated heterocycles. The molecule has 0 saturated carbocycles. The minimum absolute atomic E-state index is 0.264. The molecule has 0 fully saturated rings. The average Bonchev–Trinajstić information content (AvgIpc) is 2.48. The third-order valence-corrected chi connectivity index (χ3v) is 13.3. The zero-order chi connectivity index (χ0) is 17.6. The first-order valence-corrected chi connectivity index (χ1v) is 12.2. The molecule has 1 rings (SSSR count). The first-order chi connectivity index (χ1) is 10.8. The fourth-order valence-electron chi connectivity index (χ4n) is 3.78. The number of rotatable bonds is 6. The van der Waals surface area contributed by atoms with E-state index in [1.165, 1.54) is 5.30 Å². The third-order valence-electron chi connectivity index (χ3n) is 4.92. The summed E-state index contributed by atoms with van der Waals surface area (Å²) in [5.74, 6) is 3.63. The molecule has 128 valence electrons. The fourth-order valence-corrected chi connectivity index (χ4v) is 10.9. The van der Waals surface area contributed by atoms with Crippen molar-refractivity contribution in [2.24, 2.45) is 0 Å². The Morgan fingerprint density at radius 1 is 0.870 bits per heavy atom. The van der Waals surface area contributed by atoms with E-state index in [9.17, 15) is 0 Å².